The molecule has 0 unspecified atom stereocenters. The van der Waals surface area contributed by atoms with Gasteiger partial charge in [-0.1, -0.05) is 53.5 Å². The topological polar surface area (TPSA) is 88.6 Å². The van der Waals surface area contributed by atoms with Crippen LogP contribution in [0.4, 0.5) is 5.82 Å². The number of hydrogen-bond donors (Lipinski definition) is 2. The number of halogens is 2. The molecule has 1 saturated heterocycles. The molecular formula is C28H30Cl2N6O. The number of nitrogens with two attached hydrogens (primary N) is 1. The van der Waals surface area contributed by atoms with Crippen LogP contribution >= 0.6 is 23.2 Å². The number of nitrogens with one attached hydrogen (secondary N) is 1. The molecule has 0 bridgehead atoms. The number of fused-ring (bicyclic) bond motifs is 1. The lowest BCUT2D eigenvalue weighted by Gasteiger charge is -2.42. The second-order valence-corrected chi connectivity index (χ2v) is 10.8. The van der Waals surface area contributed by atoms with E-state index in [2.05, 4.69) is 10.2 Å². The molecule has 3 heterocycles. The number of carbonyl (C=O) groups is 1. The van der Waals surface area contributed by atoms with Crippen LogP contribution in [-0.2, 0) is 4.79 Å². The molecule has 37 heavy (non-hydrogen) atoms. The standard InChI is InChI=1S/C28H30Cl2N6O/c1-17(2)33-28(27(31)37)12-14-35(15-13-28)26-18(3)16-32-25-23(19-8-10-20(29)11-9-19)24(34-36(25)26)21-6-4-5-7-22(21)30/h4-11,16-17,33H,12-15H2,1-3H3,(H2,31,37). The highest BCUT2D eigenvalue weighted by molar-refractivity contribution is 6.33. The fourth-order valence-electron chi connectivity index (χ4n) is 5.28. The van der Waals surface area contributed by atoms with Crippen molar-refractivity contribution in [2.24, 2.45) is 5.73 Å². The van der Waals surface area contributed by atoms with Crippen LogP contribution in [0.2, 0.25) is 10.0 Å². The molecule has 0 spiro atoms. The SMILES string of the molecule is Cc1cnc2c(-c3ccc(Cl)cc3)c(-c3ccccc3Cl)nn2c1N1CCC(NC(C)C)(C(N)=O)CC1. The Morgan fingerprint density at radius 1 is 1.08 bits per heavy atom. The predicted octanol–water partition coefficient (Wildman–Crippen LogP) is 5.50. The summed E-state index contributed by atoms with van der Waals surface area (Å²) in [5, 5.41) is 9.78. The number of anilines is 1. The Balaban J connectivity index is 1.65. The maximum atomic E-state index is 12.4. The minimum absolute atomic E-state index is 0.152. The maximum Gasteiger partial charge on any atom is 0.237 e. The summed E-state index contributed by atoms with van der Waals surface area (Å²) in [5.41, 5.74) is 10.3. The van der Waals surface area contributed by atoms with Crippen molar-refractivity contribution in [3.05, 3.63) is 70.3 Å². The predicted molar refractivity (Wildman–Crippen MR) is 150 cm³/mol. The first kappa shape index (κ1) is 25.5. The number of benzene rings is 2. The molecule has 0 radical (unpaired) electrons. The highest BCUT2D eigenvalue weighted by atomic mass is 35.5. The second kappa shape index (κ2) is 9.97. The van der Waals surface area contributed by atoms with E-state index in [0.717, 1.165) is 39.4 Å². The van der Waals surface area contributed by atoms with E-state index in [9.17, 15) is 4.79 Å². The number of amides is 1. The molecule has 2 aromatic heterocycles. The number of aryl methyl sites for hydroxylation is 1. The Morgan fingerprint density at radius 3 is 2.38 bits per heavy atom. The van der Waals surface area contributed by atoms with E-state index in [-0.39, 0.29) is 11.9 Å². The number of aromatic nitrogens is 3. The highest BCUT2D eigenvalue weighted by Crippen LogP contribution is 2.40. The monoisotopic (exact) mass is 536 g/mol. The lowest BCUT2D eigenvalue weighted by Crippen LogP contribution is -2.62. The van der Waals surface area contributed by atoms with E-state index in [4.69, 9.17) is 39.0 Å². The Hall–Kier alpha value is -3.13. The summed E-state index contributed by atoms with van der Waals surface area (Å²) in [7, 11) is 0. The Labute approximate surface area is 226 Å². The van der Waals surface area contributed by atoms with Crippen LogP contribution in [0, 0.1) is 6.92 Å². The molecule has 0 atom stereocenters. The molecule has 1 fully saturated rings. The van der Waals surface area contributed by atoms with Gasteiger partial charge in [-0.25, -0.2) is 4.98 Å². The first-order chi connectivity index (χ1) is 17.7. The van der Waals surface area contributed by atoms with Crippen molar-refractivity contribution in [1.82, 2.24) is 19.9 Å². The number of hydrogen-bond acceptors (Lipinski definition) is 5. The van der Waals surface area contributed by atoms with Crippen LogP contribution in [0.3, 0.4) is 0 Å². The van der Waals surface area contributed by atoms with Gasteiger partial charge in [0.15, 0.2) is 5.65 Å². The number of rotatable bonds is 6. The van der Waals surface area contributed by atoms with Crippen molar-refractivity contribution in [1.29, 1.82) is 0 Å². The summed E-state index contributed by atoms with van der Waals surface area (Å²) >= 11 is 12.8. The van der Waals surface area contributed by atoms with Gasteiger partial charge in [0.05, 0.1) is 10.6 Å². The van der Waals surface area contributed by atoms with Gasteiger partial charge < -0.3 is 16.0 Å². The van der Waals surface area contributed by atoms with Crippen LogP contribution in [0.5, 0.6) is 0 Å². The van der Waals surface area contributed by atoms with Gasteiger partial charge in [-0.3, -0.25) is 4.79 Å². The number of carbonyl (C=O) groups excluding carboxylic acids is 1. The molecule has 4 aromatic rings. The first-order valence-electron chi connectivity index (χ1n) is 12.4. The quantitative estimate of drug-likeness (QED) is 0.339. The molecule has 1 aliphatic heterocycles. The van der Waals surface area contributed by atoms with Crippen molar-refractivity contribution in [2.75, 3.05) is 18.0 Å². The van der Waals surface area contributed by atoms with Crippen molar-refractivity contribution in [2.45, 2.75) is 45.2 Å². The molecule has 2 aromatic carbocycles. The van der Waals surface area contributed by atoms with Gasteiger partial charge in [-0.15, -0.1) is 0 Å². The molecule has 7 nitrogen and oxygen atoms in total. The maximum absolute atomic E-state index is 12.4. The van der Waals surface area contributed by atoms with Gasteiger partial charge in [0, 0.05) is 41.5 Å². The van der Waals surface area contributed by atoms with E-state index in [1.165, 1.54) is 0 Å². The number of piperidine rings is 1. The molecule has 1 amide bonds. The number of nitrogens with zero attached hydrogens (tertiary/aromatic N) is 4. The molecule has 0 saturated carbocycles. The van der Waals surface area contributed by atoms with E-state index in [1.54, 1.807) is 0 Å². The Morgan fingerprint density at radius 2 is 1.76 bits per heavy atom. The van der Waals surface area contributed by atoms with E-state index >= 15 is 0 Å². The van der Waals surface area contributed by atoms with Gasteiger partial charge in [0.1, 0.15) is 17.1 Å². The fourth-order valence-corrected chi connectivity index (χ4v) is 5.63. The summed E-state index contributed by atoms with van der Waals surface area (Å²) < 4.78 is 1.91. The lowest BCUT2D eigenvalue weighted by molar-refractivity contribution is -0.125. The zero-order chi connectivity index (χ0) is 26.3. The summed E-state index contributed by atoms with van der Waals surface area (Å²) in [6, 6.07) is 15.5. The normalized spacial score (nSPS) is 15.5. The molecule has 1 aliphatic rings. The van der Waals surface area contributed by atoms with Gasteiger partial charge in [-0.2, -0.15) is 9.61 Å². The third-order valence-corrected chi connectivity index (χ3v) is 7.59. The fraction of sp³-hybridized carbons (Fsp3) is 0.321. The van der Waals surface area contributed by atoms with Gasteiger partial charge in [0.2, 0.25) is 5.91 Å². The summed E-state index contributed by atoms with van der Waals surface area (Å²) in [6.45, 7) is 7.40. The van der Waals surface area contributed by atoms with Crippen molar-refractivity contribution < 1.29 is 4.79 Å². The van der Waals surface area contributed by atoms with Crippen molar-refractivity contribution in [3.8, 4) is 22.4 Å². The minimum Gasteiger partial charge on any atom is -0.368 e. The smallest absolute Gasteiger partial charge is 0.237 e. The van der Waals surface area contributed by atoms with Crippen LogP contribution in [0.25, 0.3) is 28.0 Å². The zero-order valence-corrected chi connectivity index (χ0v) is 22.6. The summed E-state index contributed by atoms with van der Waals surface area (Å²) in [6.07, 6.45) is 3.09. The van der Waals surface area contributed by atoms with Crippen LogP contribution < -0.4 is 16.0 Å². The van der Waals surface area contributed by atoms with Gasteiger partial charge in [-0.05, 0) is 57.4 Å². The van der Waals surface area contributed by atoms with E-state index in [1.807, 2.05) is 80.0 Å². The first-order valence-corrected chi connectivity index (χ1v) is 13.2. The molecule has 0 aliphatic carbocycles. The molecule has 3 N–H and O–H groups in total. The summed E-state index contributed by atoms with van der Waals surface area (Å²) in [4.78, 5) is 19.5. The van der Waals surface area contributed by atoms with Gasteiger partial charge >= 0.3 is 0 Å². The molecule has 192 valence electrons. The third-order valence-electron chi connectivity index (χ3n) is 7.01. The Bertz CT molecular complexity index is 1460. The van der Waals surface area contributed by atoms with Crippen LogP contribution in [0.15, 0.2) is 54.7 Å². The molecular weight excluding hydrogens is 507 g/mol. The highest BCUT2D eigenvalue weighted by Gasteiger charge is 2.41. The average Bonchev–Trinajstić information content (AvgIpc) is 3.24. The largest absolute Gasteiger partial charge is 0.368 e. The molecule has 5 rings (SSSR count). The Kier molecular flexibility index (Phi) is 6.88. The van der Waals surface area contributed by atoms with Crippen molar-refractivity contribution in [3.63, 3.8) is 0 Å². The third kappa shape index (κ3) is 4.67. The average molecular weight is 537 g/mol. The lowest BCUT2D eigenvalue weighted by atomic mass is 9.86. The molecule has 9 heteroatoms. The van der Waals surface area contributed by atoms with E-state index in [0.29, 0.717) is 36.0 Å². The zero-order valence-electron chi connectivity index (χ0n) is 21.1. The minimum atomic E-state index is -0.716. The van der Waals surface area contributed by atoms with Crippen molar-refractivity contribution >= 4 is 40.6 Å². The second-order valence-electron chi connectivity index (χ2n) is 9.94. The van der Waals surface area contributed by atoms with Gasteiger partial charge in [0.25, 0.3) is 0 Å². The van der Waals surface area contributed by atoms with Crippen LogP contribution in [0.1, 0.15) is 32.3 Å². The summed E-state index contributed by atoms with van der Waals surface area (Å²) in [5.74, 6) is 0.642. The van der Waals surface area contributed by atoms with Crippen LogP contribution in [-0.4, -0.2) is 45.2 Å². The number of primary amides is 1. The van der Waals surface area contributed by atoms with E-state index < -0.39 is 5.54 Å².